The van der Waals surface area contributed by atoms with Gasteiger partial charge in [0.15, 0.2) is 5.69 Å². The first-order chi connectivity index (χ1) is 24.8. The molecule has 2 bridgehead atoms. The molecule has 0 unspecified atom stereocenters. The first kappa shape index (κ1) is 38.2. The molecule has 0 aliphatic carbocycles. The lowest BCUT2D eigenvalue weighted by atomic mass is 9.97. The molecule has 5 aromatic rings. The number of aromatic nitrogens is 8. The number of anilines is 1. The normalized spacial score (nSPS) is 16.5. The van der Waals surface area contributed by atoms with Crippen LogP contribution in [0.15, 0.2) is 66.1 Å². The number of nitrogens with one attached hydrogen (secondary N) is 1. The Hall–Kier alpha value is -6.02. The molecular weight excluding hydrogens is 726 g/mol. The van der Waals surface area contributed by atoms with Gasteiger partial charge in [0, 0.05) is 29.3 Å². The van der Waals surface area contributed by atoms with Crippen molar-refractivity contribution in [2.45, 2.75) is 58.1 Å². The average Bonchev–Trinajstić information content (AvgIpc) is 3.75. The van der Waals surface area contributed by atoms with Crippen molar-refractivity contribution in [1.82, 2.24) is 39.3 Å². The number of pyridine rings is 1. The molecule has 2 N–H and O–H groups in total. The lowest BCUT2D eigenvalue weighted by molar-refractivity contribution is -0.192. The number of carbonyl (C=O) groups is 2. The van der Waals surface area contributed by atoms with Gasteiger partial charge in [-0.3, -0.25) is 19.1 Å². The van der Waals surface area contributed by atoms with E-state index in [1.165, 1.54) is 35.4 Å². The second kappa shape index (κ2) is 14.9. The van der Waals surface area contributed by atoms with E-state index in [0.29, 0.717) is 40.8 Å². The molecule has 1 amide bonds. The highest BCUT2D eigenvalue weighted by atomic mass is 19.4. The van der Waals surface area contributed by atoms with Gasteiger partial charge in [0.05, 0.1) is 53.2 Å². The molecule has 0 saturated carbocycles. The van der Waals surface area contributed by atoms with Gasteiger partial charge in [-0.2, -0.15) is 40.2 Å². The smallest absolute Gasteiger partial charge is 0.475 e. The van der Waals surface area contributed by atoms with Crippen LogP contribution in [0.2, 0.25) is 0 Å². The van der Waals surface area contributed by atoms with Crippen LogP contribution in [-0.2, 0) is 15.8 Å². The molecule has 4 aromatic heterocycles. The average molecular weight is 754 g/mol. The minimum absolute atomic E-state index is 0.00638. The highest BCUT2D eigenvalue weighted by Gasteiger charge is 2.38. The Balaban J connectivity index is 0.000000705. The molecular formula is C32H27F8N9O4. The molecule has 1 aliphatic heterocycles. The van der Waals surface area contributed by atoms with Crippen LogP contribution in [0.3, 0.4) is 0 Å². The third-order valence-corrected chi connectivity index (χ3v) is 8.07. The van der Waals surface area contributed by atoms with Gasteiger partial charge in [-0.25, -0.2) is 19.1 Å². The summed E-state index contributed by atoms with van der Waals surface area (Å²) in [5.74, 6) is -3.58. The fourth-order valence-corrected chi connectivity index (χ4v) is 5.46. The first-order valence-electron chi connectivity index (χ1n) is 15.5. The zero-order valence-electron chi connectivity index (χ0n) is 27.4. The predicted octanol–water partition coefficient (Wildman–Crippen LogP) is 6.45. The fourth-order valence-electron chi connectivity index (χ4n) is 5.46. The minimum Gasteiger partial charge on any atom is -0.475 e. The van der Waals surface area contributed by atoms with Crippen molar-refractivity contribution in [2.75, 3.05) is 5.32 Å². The van der Waals surface area contributed by atoms with E-state index < -0.39 is 48.1 Å². The summed E-state index contributed by atoms with van der Waals surface area (Å²) in [6, 6.07) is 8.59. The van der Waals surface area contributed by atoms with Gasteiger partial charge in [-0.1, -0.05) is 30.2 Å². The molecule has 1 aromatic carbocycles. The third-order valence-electron chi connectivity index (χ3n) is 8.07. The second-order valence-electron chi connectivity index (χ2n) is 11.8. The number of amides is 1. The zero-order chi connectivity index (χ0) is 38.8. The molecule has 5 heterocycles. The van der Waals surface area contributed by atoms with Crippen molar-refractivity contribution < 1.29 is 49.8 Å². The molecule has 21 heteroatoms. The summed E-state index contributed by atoms with van der Waals surface area (Å²) in [7, 11) is 0. The molecule has 2 atom stereocenters. The van der Waals surface area contributed by atoms with Gasteiger partial charge in [0.25, 0.3) is 5.56 Å². The number of hydrogen-bond acceptors (Lipinski definition) is 8. The van der Waals surface area contributed by atoms with Crippen molar-refractivity contribution in [1.29, 1.82) is 0 Å². The van der Waals surface area contributed by atoms with E-state index in [9.17, 15) is 44.7 Å². The van der Waals surface area contributed by atoms with Crippen molar-refractivity contribution in [3.63, 3.8) is 0 Å². The van der Waals surface area contributed by atoms with E-state index in [1.807, 2.05) is 0 Å². The van der Waals surface area contributed by atoms with Crippen LogP contribution in [0.4, 0.5) is 40.8 Å². The van der Waals surface area contributed by atoms with Crippen LogP contribution >= 0.6 is 0 Å². The van der Waals surface area contributed by atoms with Crippen LogP contribution in [0.5, 0.6) is 0 Å². The SMILES string of the molecule is Cc1ccc(-n2cc(C(F)(F)F)nn2)c(-c2cc(=O)n([C@H]3CCC[C@@H](C)C(=O)Nc4cnn(C(F)F)c4-c4ccnc3c4)cn2)c1.O=C(O)C(F)(F)F. The number of carbonyl (C=O) groups excluding carboxylic acids is 1. The third kappa shape index (κ3) is 8.55. The van der Waals surface area contributed by atoms with Gasteiger partial charge in [-0.15, -0.1) is 5.10 Å². The Morgan fingerprint density at radius 1 is 1.02 bits per heavy atom. The number of alkyl halides is 8. The summed E-state index contributed by atoms with van der Waals surface area (Å²) in [5.41, 5.74) is 0.717. The largest absolute Gasteiger partial charge is 0.490 e. The van der Waals surface area contributed by atoms with Gasteiger partial charge >= 0.3 is 24.9 Å². The van der Waals surface area contributed by atoms with Crippen molar-refractivity contribution in [3.8, 4) is 28.2 Å². The molecule has 6 rings (SSSR count). The molecule has 0 spiro atoms. The number of benzene rings is 1. The van der Waals surface area contributed by atoms with Crippen LogP contribution in [0, 0.1) is 12.8 Å². The van der Waals surface area contributed by atoms with Gasteiger partial charge in [0.2, 0.25) is 5.91 Å². The Morgan fingerprint density at radius 3 is 2.36 bits per heavy atom. The molecule has 280 valence electrons. The van der Waals surface area contributed by atoms with Crippen molar-refractivity contribution in [3.05, 3.63) is 88.6 Å². The number of halogens is 8. The van der Waals surface area contributed by atoms with Crippen LogP contribution in [0.25, 0.3) is 28.2 Å². The zero-order valence-corrected chi connectivity index (χ0v) is 27.4. The molecule has 13 nitrogen and oxygen atoms in total. The highest BCUT2D eigenvalue weighted by molar-refractivity contribution is 5.95. The number of hydrogen-bond donors (Lipinski definition) is 2. The maximum absolute atomic E-state index is 13.9. The molecule has 53 heavy (non-hydrogen) atoms. The summed E-state index contributed by atoms with van der Waals surface area (Å²) in [6.07, 6.45) is -3.78. The lowest BCUT2D eigenvalue weighted by Gasteiger charge is -2.22. The standard InChI is InChI=1S/C30H26F5N9O2.C2HF3O2/c1-16-6-7-23(43-14-25(40-41-43)30(33,34)35)19(10-16)20-12-26(45)42(15-37-20)24-5-3-4-17(2)28(46)39-22-13-38-44(29(31)32)27(22)18-8-9-36-21(24)11-18;3-2(4,5)1(6)7/h6-15,17,24,29H,3-5H2,1-2H3,(H,39,46);(H,6,7)/t17-,24+;/m1./s1. The van der Waals surface area contributed by atoms with Gasteiger partial charge in [0.1, 0.15) is 0 Å². The van der Waals surface area contributed by atoms with Crippen LogP contribution in [0.1, 0.15) is 55.7 Å². The van der Waals surface area contributed by atoms with Gasteiger partial charge < -0.3 is 10.4 Å². The minimum atomic E-state index is -5.08. The second-order valence-corrected chi connectivity index (χ2v) is 11.8. The van der Waals surface area contributed by atoms with E-state index in [-0.39, 0.29) is 28.7 Å². The van der Waals surface area contributed by atoms with E-state index in [1.54, 1.807) is 38.1 Å². The van der Waals surface area contributed by atoms with Gasteiger partial charge in [-0.05, 0) is 44.0 Å². The molecule has 0 fully saturated rings. The molecule has 0 radical (unpaired) electrons. The van der Waals surface area contributed by atoms with E-state index in [4.69, 9.17) is 9.90 Å². The van der Waals surface area contributed by atoms with E-state index in [0.717, 1.165) is 16.4 Å². The summed E-state index contributed by atoms with van der Waals surface area (Å²) in [4.78, 5) is 44.5. The number of fused-ring (bicyclic) bond motifs is 4. The lowest BCUT2D eigenvalue weighted by Crippen LogP contribution is -2.27. The number of aryl methyl sites for hydroxylation is 1. The number of carboxylic acids is 1. The highest BCUT2D eigenvalue weighted by Crippen LogP contribution is 2.35. The van der Waals surface area contributed by atoms with Crippen molar-refractivity contribution in [2.24, 2.45) is 5.92 Å². The topological polar surface area (TPSA) is 163 Å². The summed E-state index contributed by atoms with van der Waals surface area (Å²) in [5, 5.41) is 20.5. The fraction of sp³-hybridized carbons (Fsp3) is 0.312. The quantitative estimate of drug-likeness (QED) is 0.196. The maximum Gasteiger partial charge on any atom is 0.490 e. The molecule has 1 aliphatic rings. The van der Waals surface area contributed by atoms with E-state index in [2.05, 4.69) is 30.7 Å². The monoisotopic (exact) mass is 753 g/mol. The Morgan fingerprint density at radius 2 is 1.74 bits per heavy atom. The number of carboxylic acid groups (broad SMARTS) is 1. The van der Waals surface area contributed by atoms with Crippen molar-refractivity contribution >= 4 is 17.6 Å². The number of aliphatic carboxylic acids is 1. The van der Waals surface area contributed by atoms with Crippen LogP contribution in [-0.4, -0.2) is 62.5 Å². The first-order valence-corrected chi connectivity index (χ1v) is 15.5. The predicted molar refractivity (Wildman–Crippen MR) is 169 cm³/mol. The maximum atomic E-state index is 13.9. The Labute approximate surface area is 292 Å². The van der Waals surface area contributed by atoms with Crippen LogP contribution < -0.4 is 10.9 Å². The van der Waals surface area contributed by atoms with E-state index >= 15 is 0 Å². The summed E-state index contributed by atoms with van der Waals surface area (Å²) >= 11 is 0. The number of rotatable bonds is 4. The summed E-state index contributed by atoms with van der Waals surface area (Å²) < 4.78 is 102. The summed E-state index contributed by atoms with van der Waals surface area (Å²) in [6.45, 7) is 0.522. The number of nitrogens with zero attached hydrogens (tertiary/aromatic N) is 8. The molecule has 0 saturated heterocycles. The Bertz CT molecular complexity index is 2190. The Kier molecular flexibility index (Phi) is 10.8.